The second-order valence-corrected chi connectivity index (χ2v) is 10.3. The number of fused-ring (bicyclic) bond motifs is 1. The molecule has 3 N–H and O–H groups in total. The molecule has 0 unspecified atom stereocenters. The molecule has 1 aliphatic rings. The molecule has 8 nitrogen and oxygen atoms in total. The van der Waals surface area contributed by atoms with E-state index in [0.29, 0.717) is 72.7 Å². The molecule has 1 fully saturated rings. The summed E-state index contributed by atoms with van der Waals surface area (Å²) in [5.74, 6) is -4.33. The van der Waals surface area contributed by atoms with Crippen LogP contribution in [0.1, 0.15) is 49.3 Å². The number of halogens is 3. The monoisotopic (exact) mass is 562 g/mol. The molecule has 216 valence electrons. The fraction of sp³-hybridized carbons (Fsp3) is 0.448. The first-order chi connectivity index (χ1) is 19.1. The van der Waals surface area contributed by atoms with E-state index in [2.05, 4.69) is 4.98 Å². The van der Waals surface area contributed by atoms with Crippen molar-refractivity contribution in [1.82, 2.24) is 9.88 Å². The minimum atomic E-state index is -1.32. The van der Waals surface area contributed by atoms with Crippen LogP contribution >= 0.6 is 0 Å². The van der Waals surface area contributed by atoms with Gasteiger partial charge in [0.05, 0.1) is 31.8 Å². The molecule has 40 heavy (non-hydrogen) atoms. The summed E-state index contributed by atoms with van der Waals surface area (Å²) in [6, 6.07) is 6.54. The Morgan fingerprint density at radius 2 is 1.93 bits per heavy atom. The van der Waals surface area contributed by atoms with Crippen LogP contribution in [0.2, 0.25) is 0 Å². The summed E-state index contributed by atoms with van der Waals surface area (Å²) in [7, 11) is 1.54. The molecular weight excluding hydrogens is 529 g/mol. The largest absolute Gasteiger partial charge is 0.497 e. The summed E-state index contributed by atoms with van der Waals surface area (Å²) in [6.07, 6.45) is 2.33. The van der Waals surface area contributed by atoms with Crippen molar-refractivity contribution in [2.75, 3.05) is 33.4 Å². The van der Waals surface area contributed by atoms with Gasteiger partial charge in [0.1, 0.15) is 18.2 Å². The van der Waals surface area contributed by atoms with Gasteiger partial charge in [-0.05, 0) is 68.0 Å². The number of rotatable bonds is 12. The zero-order valence-electron chi connectivity index (χ0n) is 22.2. The zero-order valence-corrected chi connectivity index (χ0v) is 22.2. The van der Waals surface area contributed by atoms with Gasteiger partial charge in [0, 0.05) is 35.8 Å². The Morgan fingerprint density at radius 1 is 1.18 bits per heavy atom. The van der Waals surface area contributed by atoms with Gasteiger partial charge < -0.3 is 24.8 Å². The normalized spacial score (nSPS) is 16.1. The van der Waals surface area contributed by atoms with E-state index < -0.39 is 40.7 Å². The highest BCUT2D eigenvalue weighted by atomic mass is 19.2. The quantitative estimate of drug-likeness (QED) is 0.275. The third kappa shape index (κ3) is 6.83. The van der Waals surface area contributed by atoms with Crippen LogP contribution in [0.3, 0.4) is 0 Å². The van der Waals surface area contributed by atoms with E-state index >= 15 is 0 Å². The number of aliphatic hydroxyl groups is 2. The van der Waals surface area contributed by atoms with Crippen LogP contribution in [0.15, 0.2) is 36.5 Å². The van der Waals surface area contributed by atoms with Gasteiger partial charge in [-0.2, -0.15) is 4.39 Å². The van der Waals surface area contributed by atoms with E-state index in [9.17, 15) is 33.3 Å². The highest BCUT2D eigenvalue weighted by molar-refractivity contribution is 5.85. The van der Waals surface area contributed by atoms with E-state index in [1.165, 1.54) is 13.3 Å². The van der Waals surface area contributed by atoms with Crippen molar-refractivity contribution in [3.63, 3.8) is 0 Å². The average molecular weight is 563 g/mol. The average Bonchev–Trinajstić information content (AvgIpc) is 2.94. The van der Waals surface area contributed by atoms with Gasteiger partial charge in [-0.3, -0.25) is 14.7 Å². The van der Waals surface area contributed by atoms with Crippen molar-refractivity contribution >= 4 is 16.9 Å². The molecule has 0 bridgehead atoms. The Hall–Kier alpha value is -3.41. The summed E-state index contributed by atoms with van der Waals surface area (Å²) >= 11 is 0. The first-order valence-electron chi connectivity index (χ1n) is 13.1. The van der Waals surface area contributed by atoms with Crippen molar-refractivity contribution < 1.29 is 42.8 Å². The molecule has 1 saturated heterocycles. The first kappa shape index (κ1) is 29.6. The van der Waals surface area contributed by atoms with Crippen LogP contribution < -0.4 is 9.47 Å². The third-order valence-corrected chi connectivity index (χ3v) is 7.72. The molecular formula is C29H33F3N2O6. The number of aliphatic hydroxyl groups excluding tert-OH is 2. The molecule has 4 rings (SSSR count). The zero-order chi connectivity index (χ0) is 28.9. The summed E-state index contributed by atoms with van der Waals surface area (Å²) in [6.45, 7) is 1.16. The number of aliphatic carboxylic acids is 1. The molecule has 11 heteroatoms. The number of carboxylic acids is 1. The van der Waals surface area contributed by atoms with Crippen LogP contribution in [0.25, 0.3) is 10.9 Å². The van der Waals surface area contributed by atoms with Crippen LogP contribution in [-0.4, -0.2) is 64.5 Å². The predicted octanol–water partition coefficient (Wildman–Crippen LogP) is 4.60. The summed E-state index contributed by atoms with van der Waals surface area (Å²) in [5.41, 5.74) is 1.13. The second-order valence-electron chi connectivity index (χ2n) is 10.3. The Kier molecular flexibility index (Phi) is 9.49. The summed E-state index contributed by atoms with van der Waals surface area (Å²) in [4.78, 5) is 18.2. The third-order valence-electron chi connectivity index (χ3n) is 7.72. The molecule has 0 amide bonds. The number of nitrogens with zero attached hydrogens (tertiary/aromatic N) is 2. The number of aromatic nitrogens is 1. The topological polar surface area (TPSA) is 112 Å². The number of benzene rings is 2. The highest BCUT2D eigenvalue weighted by Gasteiger charge is 2.37. The second kappa shape index (κ2) is 12.8. The maximum atomic E-state index is 13.8. The van der Waals surface area contributed by atoms with E-state index in [1.807, 2.05) is 4.90 Å². The van der Waals surface area contributed by atoms with Crippen molar-refractivity contribution in [2.24, 2.45) is 5.41 Å². The Morgan fingerprint density at radius 3 is 2.60 bits per heavy atom. The van der Waals surface area contributed by atoms with Gasteiger partial charge in [-0.15, -0.1) is 0 Å². The number of likely N-dealkylation sites (tertiary alicyclic amines) is 1. The number of hydrogen-bond donors (Lipinski definition) is 3. The lowest BCUT2D eigenvalue weighted by molar-refractivity contribution is -0.141. The number of carbonyl (C=O) groups is 1. The first-order valence-corrected chi connectivity index (χ1v) is 13.1. The van der Waals surface area contributed by atoms with Gasteiger partial charge in [0.15, 0.2) is 11.6 Å². The molecule has 0 saturated carbocycles. The highest BCUT2D eigenvalue weighted by Crippen LogP contribution is 2.42. The predicted molar refractivity (Wildman–Crippen MR) is 141 cm³/mol. The maximum Gasteiger partial charge on any atom is 0.303 e. The molecule has 1 atom stereocenters. The fourth-order valence-electron chi connectivity index (χ4n) is 5.48. The SMILES string of the molecule is COc1ccc2ncc(CO)c([C@H](O)CCC3(CC(=O)O)CCN(CCOc4cc(F)cc(F)c4F)CC3)c2c1. The number of hydrogen-bond acceptors (Lipinski definition) is 7. The molecule has 2 aromatic carbocycles. The number of ether oxygens (including phenoxy) is 2. The number of pyridine rings is 1. The van der Waals surface area contributed by atoms with Crippen molar-refractivity contribution in [3.8, 4) is 11.5 Å². The van der Waals surface area contributed by atoms with Gasteiger partial charge in [0.2, 0.25) is 5.82 Å². The van der Waals surface area contributed by atoms with E-state index in [-0.39, 0.29) is 26.1 Å². The van der Waals surface area contributed by atoms with Gasteiger partial charge in [0.25, 0.3) is 0 Å². The lowest BCUT2D eigenvalue weighted by atomic mass is 9.71. The molecule has 2 heterocycles. The molecule has 0 radical (unpaired) electrons. The van der Waals surface area contributed by atoms with Crippen molar-refractivity contribution in [2.45, 2.75) is 44.8 Å². The summed E-state index contributed by atoms with van der Waals surface area (Å²) < 4.78 is 51.2. The summed E-state index contributed by atoms with van der Waals surface area (Å²) in [5, 5.41) is 31.5. The van der Waals surface area contributed by atoms with E-state index in [1.54, 1.807) is 18.2 Å². The van der Waals surface area contributed by atoms with Gasteiger partial charge in [-0.25, -0.2) is 8.78 Å². The fourth-order valence-corrected chi connectivity index (χ4v) is 5.48. The Bertz CT molecular complexity index is 1340. The molecule has 0 spiro atoms. The van der Waals surface area contributed by atoms with Gasteiger partial charge in [-0.1, -0.05) is 0 Å². The number of piperidine rings is 1. The van der Waals surface area contributed by atoms with Crippen LogP contribution in [0.5, 0.6) is 11.5 Å². The van der Waals surface area contributed by atoms with Gasteiger partial charge >= 0.3 is 5.97 Å². The molecule has 1 aliphatic heterocycles. The Balaban J connectivity index is 1.41. The van der Waals surface area contributed by atoms with Crippen LogP contribution in [0.4, 0.5) is 13.2 Å². The lowest BCUT2D eigenvalue weighted by Crippen LogP contribution is -2.42. The maximum absolute atomic E-state index is 13.8. The minimum absolute atomic E-state index is 0.00692. The minimum Gasteiger partial charge on any atom is -0.497 e. The smallest absolute Gasteiger partial charge is 0.303 e. The standard InChI is InChI=1S/C29H33F3N2O6/c1-39-20-2-3-23-21(14-20)27(18(17-35)16-33-23)24(36)4-5-29(15-26(37)38)6-8-34(9-7-29)10-11-40-25-13-19(30)12-22(31)28(25)32/h2-3,12-14,16,24,35-36H,4-11,15,17H2,1H3,(H,37,38)/t24-/m1/s1. The van der Waals surface area contributed by atoms with E-state index in [4.69, 9.17) is 9.47 Å². The number of methoxy groups -OCH3 is 1. The van der Waals surface area contributed by atoms with E-state index in [0.717, 1.165) is 6.07 Å². The van der Waals surface area contributed by atoms with Crippen LogP contribution in [-0.2, 0) is 11.4 Å². The number of carboxylic acid groups (broad SMARTS) is 1. The molecule has 1 aromatic heterocycles. The van der Waals surface area contributed by atoms with Crippen molar-refractivity contribution in [3.05, 3.63) is 65.1 Å². The van der Waals surface area contributed by atoms with Crippen LogP contribution in [0, 0.1) is 22.9 Å². The Labute approximate surface area is 230 Å². The molecule has 3 aromatic rings. The lowest BCUT2D eigenvalue weighted by Gasteiger charge is -2.41. The van der Waals surface area contributed by atoms with Crippen molar-refractivity contribution in [1.29, 1.82) is 0 Å². The molecule has 0 aliphatic carbocycles.